The Labute approximate surface area is 206 Å². The standard InChI is InChI=1S/C24H27ClF3N3O4/c25-18-5-3-17(4-6-18)23(35,24(26,27)28)12-20(32)11-16(9-14-1-2-14)22(34)31-19(13-29)10-15-7-8-30-21(15)33/h3-6,14-16,19,35H,1-2,7-12H2,(H,30,33)(H,31,34)/t15-,16+,19-,23?/m0/s1. The molecule has 0 radical (unpaired) electrons. The first kappa shape index (κ1) is 27.0. The minimum atomic E-state index is -5.14. The molecule has 2 amide bonds. The summed E-state index contributed by atoms with van der Waals surface area (Å²) in [5.74, 6) is -2.91. The van der Waals surface area contributed by atoms with Crippen molar-refractivity contribution in [3.05, 3.63) is 34.9 Å². The number of benzene rings is 1. The summed E-state index contributed by atoms with van der Waals surface area (Å²) in [4.78, 5) is 37.5. The van der Waals surface area contributed by atoms with Crippen molar-refractivity contribution in [2.24, 2.45) is 17.8 Å². The summed E-state index contributed by atoms with van der Waals surface area (Å²) in [5, 5.41) is 25.3. The lowest BCUT2D eigenvalue weighted by atomic mass is 9.84. The molecule has 0 bridgehead atoms. The van der Waals surface area contributed by atoms with Crippen LogP contribution in [-0.2, 0) is 20.0 Å². The van der Waals surface area contributed by atoms with Crippen LogP contribution in [0, 0.1) is 29.1 Å². The summed E-state index contributed by atoms with van der Waals surface area (Å²) in [6.45, 7) is 0.490. The summed E-state index contributed by atoms with van der Waals surface area (Å²) in [6.07, 6.45) is -4.26. The van der Waals surface area contributed by atoms with Crippen LogP contribution >= 0.6 is 11.6 Å². The van der Waals surface area contributed by atoms with Crippen LogP contribution in [0.15, 0.2) is 24.3 Å². The molecule has 190 valence electrons. The zero-order chi connectivity index (χ0) is 25.8. The van der Waals surface area contributed by atoms with Gasteiger partial charge in [-0.15, -0.1) is 0 Å². The van der Waals surface area contributed by atoms with E-state index in [0.29, 0.717) is 19.4 Å². The van der Waals surface area contributed by atoms with E-state index in [1.165, 1.54) is 12.1 Å². The number of halogens is 4. The van der Waals surface area contributed by atoms with Gasteiger partial charge in [-0.25, -0.2) is 0 Å². The number of carbonyl (C=O) groups is 3. The van der Waals surface area contributed by atoms with Gasteiger partial charge in [-0.1, -0.05) is 36.6 Å². The fourth-order valence-corrected chi connectivity index (χ4v) is 4.48. The number of Topliss-reactive ketones (excluding diaryl/α,β-unsaturated/α-hetero) is 1. The van der Waals surface area contributed by atoms with Crippen LogP contribution < -0.4 is 10.6 Å². The largest absolute Gasteiger partial charge is 0.421 e. The molecule has 1 aliphatic heterocycles. The number of nitrogens with one attached hydrogen (secondary N) is 2. The van der Waals surface area contributed by atoms with Crippen molar-refractivity contribution in [2.45, 2.75) is 62.8 Å². The number of hydrogen-bond donors (Lipinski definition) is 3. The molecule has 0 aromatic heterocycles. The SMILES string of the molecule is N#C[C@H](C[C@@H]1CCNC1=O)NC(=O)[C@@H](CC(=O)CC(O)(c1ccc(Cl)cc1)C(F)(F)F)CC1CC1. The van der Waals surface area contributed by atoms with E-state index in [-0.39, 0.29) is 23.3 Å². The number of amides is 2. The molecule has 35 heavy (non-hydrogen) atoms. The second-order valence-corrected chi connectivity index (χ2v) is 9.80. The lowest BCUT2D eigenvalue weighted by molar-refractivity contribution is -0.267. The Balaban J connectivity index is 1.70. The van der Waals surface area contributed by atoms with Crippen molar-refractivity contribution in [1.29, 1.82) is 5.26 Å². The van der Waals surface area contributed by atoms with Crippen LogP contribution in [-0.4, -0.2) is 41.5 Å². The predicted octanol–water partition coefficient (Wildman–Crippen LogP) is 3.39. The fraction of sp³-hybridized carbons (Fsp3) is 0.583. The molecule has 1 heterocycles. The average Bonchev–Trinajstić information content (AvgIpc) is 3.52. The number of alkyl halides is 3. The first-order valence-electron chi connectivity index (χ1n) is 11.5. The highest BCUT2D eigenvalue weighted by Gasteiger charge is 2.56. The maximum absolute atomic E-state index is 13.8. The van der Waals surface area contributed by atoms with Gasteiger partial charge in [0, 0.05) is 36.2 Å². The zero-order valence-corrected chi connectivity index (χ0v) is 19.7. The lowest BCUT2D eigenvalue weighted by Crippen LogP contribution is -2.45. The monoisotopic (exact) mass is 513 g/mol. The van der Waals surface area contributed by atoms with E-state index in [0.717, 1.165) is 25.0 Å². The fourth-order valence-electron chi connectivity index (χ4n) is 4.35. The Morgan fingerprint density at radius 3 is 2.37 bits per heavy atom. The summed E-state index contributed by atoms with van der Waals surface area (Å²) in [6, 6.07) is 5.38. The third-order valence-corrected chi connectivity index (χ3v) is 6.81. The molecule has 2 fully saturated rings. The van der Waals surface area contributed by atoms with Crippen LogP contribution in [0.5, 0.6) is 0 Å². The van der Waals surface area contributed by atoms with Gasteiger partial charge in [-0.2, -0.15) is 18.4 Å². The highest BCUT2D eigenvalue weighted by molar-refractivity contribution is 6.30. The minimum absolute atomic E-state index is 0.114. The Kier molecular flexibility index (Phi) is 8.44. The molecule has 1 aromatic rings. The molecular weight excluding hydrogens is 487 g/mol. The van der Waals surface area contributed by atoms with Crippen molar-refractivity contribution in [3.63, 3.8) is 0 Å². The highest BCUT2D eigenvalue weighted by atomic mass is 35.5. The molecule has 1 saturated heterocycles. The number of ketones is 1. The normalized spacial score (nSPS) is 21.4. The zero-order valence-electron chi connectivity index (χ0n) is 18.9. The van der Waals surface area contributed by atoms with E-state index in [2.05, 4.69) is 10.6 Å². The molecule has 4 atom stereocenters. The topological polar surface area (TPSA) is 119 Å². The van der Waals surface area contributed by atoms with Crippen LogP contribution in [0.3, 0.4) is 0 Å². The van der Waals surface area contributed by atoms with Crippen LogP contribution in [0.4, 0.5) is 13.2 Å². The van der Waals surface area contributed by atoms with Crippen molar-refractivity contribution in [2.75, 3.05) is 6.54 Å². The van der Waals surface area contributed by atoms with Gasteiger partial charge >= 0.3 is 6.18 Å². The molecule has 1 saturated carbocycles. The summed E-state index contributed by atoms with van der Waals surface area (Å²) in [5.41, 5.74) is -3.95. The van der Waals surface area contributed by atoms with Gasteiger partial charge in [-0.3, -0.25) is 14.4 Å². The maximum Gasteiger partial charge on any atom is 0.421 e. The van der Waals surface area contributed by atoms with Crippen LogP contribution in [0.2, 0.25) is 5.02 Å². The predicted molar refractivity (Wildman–Crippen MR) is 120 cm³/mol. The van der Waals surface area contributed by atoms with E-state index in [1.807, 2.05) is 6.07 Å². The van der Waals surface area contributed by atoms with Crippen molar-refractivity contribution in [3.8, 4) is 6.07 Å². The number of rotatable bonds is 11. The van der Waals surface area contributed by atoms with Gasteiger partial charge in [0.05, 0.1) is 6.07 Å². The third-order valence-electron chi connectivity index (χ3n) is 6.56. The number of nitrogens with zero attached hydrogens (tertiary/aromatic N) is 1. The summed E-state index contributed by atoms with van der Waals surface area (Å²) >= 11 is 5.74. The second-order valence-electron chi connectivity index (χ2n) is 9.36. The van der Waals surface area contributed by atoms with Gasteiger partial charge < -0.3 is 15.7 Å². The number of hydrogen-bond acceptors (Lipinski definition) is 5. The first-order valence-corrected chi connectivity index (χ1v) is 11.8. The second kappa shape index (κ2) is 11.0. The van der Waals surface area contributed by atoms with Crippen molar-refractivity contribution in [1.82, 2.24) is 10.6 Å². The van der Waals surface area contributed by atoms with E-state index in [9.17, 15) is 37.9 Å². The van der Waals surface area contributed by atoms with Crippen molar-refractivity contribution < 1.29 is 32.7 Å². The molecule has 1 aromatic carbocycles. The molecule has 1 unspecified atom stereocenters. The van der Waals surface area contributed by atoms with E-state index in [1.54, 1.807) is 0 Å². The summed E-state index contributed by atoms with van der Waals surface area (Å²) < 4.78 is 41.5. The van der Waals surface area contributed by atoms with Crippen LogP contribution in [0.1, 0.15) is 50.5 Å². The Morgan fingerprint density at radius 1 is 1.20 bits per heavy atom. The quantitative estimate of drug-likeness (QED) is 0.419. The van der Waals surface area contributed by atoms with Gasteiger partial charge in [0.2, 0.25) is 11.8 Å². The number of nitriles is 1. The average molecular weight is 514 g/mol. The van der Waals surface area contributed by atoms with Gasteiger partial charge in [0.25, 0.3) is 0 Å². The van der Waals surface area contributed by atoms with Gasteiger partial charge in [-0.05, 0) is 42.9 Å². The minimum Gasteiger partial charge on any atom is -0.376 e. The van der Waals surface area contributed by atoms with E-state index in [4.69, 9.17) is 11.6 Å². The van der Waals surface area contributed by atoms with E-state index < -0.39 is 59.8 Å². The third kappa shape index (κ3) is 6.95. The first-order chi connectivity index (χ1) is 16.4. The number of aliphatic hydroxyl groups is 1. The molecule has 2 aliphatic rings. The lowest BCUT2D eigenvalue weighted by Gasteiger charge is -2.31. The maximum atomic E-state index is 13.8. The van der Waals surface area contributed by atoms with Crippen molar-refractivity contribution >= 4 is 29.2 Å². The van der Waals surface area contributed by atoms with Gasteiger partial charge in [0.15, 0.2) is 5.60 Å². The Morgan fingerprint density at radius 2 is 1.86 bits per heavy atom. The molecule has 3 N–H and O–H groups in total. The summed E-state index contributed by atoms with van der Waals surface area (Å²) in [7, 11) is 0. The smallest absolute Gasteiger partial charge is 0.376 e. The molecule has 11 heteroatoms. The molecular formula is C24H27ClF3N3O4. The molecule has 0 spiro atoms. The Hall–Kier alpha value is -2.64. The number of carbonyl (C=O) groups excluding carboxylic acids is 3. The van der Waals surface area contributed by atoms with E-state index >= 15 is 0 Å². The highest BCUT2D eigenvalue weighted by Crippen LogP contribution is 2.43. The molecule has 7 nitrogen and oxygen atoms in total. The molecule has 3 rings (SSSR count). The Bertz CT molecular complexity index is 991. The van der Waals surface area contributed by atoms with Crippen LogP contribution in [0.25, 0.3) is 0 Å². The molecule has 1 aliphatic carbocycles. The van der Waals surface area contributed by atoms with Gasteiger partial charge in [0.1, 0.15) is 11.8 Å².